The first-order valence-corrected chi connectivity index (χ1v) is 7.16. The molecule has 20 heavy (non-hydrogen) atoms. The summed E-state index contributed by atoms with van der Waals surface area (Å²) in [6.07, 6.45) is 5.10. The van der Waals surface area contributed by atoms with E-state index in [1.54, 1.807) is 0 Å². The van der Waals surface area contributed by atoms with E-state index in [2.05, 4.69) is 33.6 Å². The molecule has 0 heterocycles. The summed E-state index contributed by atoms with van der Waals surface area (Å²) in [5, 5.41) is 0. The molecule has 2 nitrogen and oxygen atoms in total. The largest absolute Gasteiger partial charge is 0.457 e. The zero-order valence-electron chi connectivity index (χ0n) is 12.7. The first kappa shape index (κ1) is 14.8. The van der Waals surface area contributed by atoms with Crippen LogP contribution in [-0.4, -0.2) is 12.1 Å². The van der Waals surface area contributed by atoms with Crippen molar-refractivity contribution in [2.75, 3.05) is 0 Å². The summed E-state index contributed by atoms with van der Waals surface area (Å²) >= 11 is 0. The third-order valence-corrected chi connectivity index (χ3v) is 4.84. The van der Waals surface area contributed by atoms with Gasteiger partial charge in [0.1, 0.15) is 6.10 Å². The summed E-state index contributed by atoms with van der Waals surface area (Å²) in [7, 11) is 0. The van der Waals surface area contributed by atoms with Crippen molar-refractivity contribution in [3.05, 3.63) is 48.6 Å². The van der Waals surface area contributed by atoms with Crippen LogP contribution in [0.25, 0.3) is 0 Å². The van der Waals surface area contributed by atoms with Crippen molar-refractivity contribution in [3.63, 3.8) is 0 Å². The fourth-order valence-corrected chi connectivity index (χ4v) is 3.33. The van der Waals surface area contributed by atoms with Crippen molar-refractivity contribution in [2.45, 2.75) is 39.7 Å². The van der Waals surface area contributed by atoms with Crippen LogP contribution in [0.2, 0.25) is 0 Å². The van der Waals surface area contributed by atoms with Crippen LogP contribution < -0.4 is 0 Å². The number of rotatable bonds is 5. The summed E-state index contributed by atoms with van der Waals surface area (Å²) in [6.45, 7) is 17.8. The molecule has 0 amide bonds. The lowest BCUT2D eigenvalue weighted by atomic mass is 10.1. The van der Waals surface area contributed by atoms with Crippen molar-refractivity contribution >= 4 is 5.97 Å². The van der Waals surface area contributed by atoms with E-state index in [4.69, 9.17) is 4.74 Å². The quantitative estimate of drug-likeness (QED) is 0.553. The van der Waals surface area contributed by atoms with Crippen molar-refractivity contribution < 1.29 is 9.53 Å². The Morgan fingerprint density at radius 3 is 2.60 bits per heavy atom. The first-order valence-electron chi connectivity index (χ1n) is 7.16. The molecule has 3 atom stereocenters. The Labute approximate surface area is 121 Å². The lowest BCUT2D eigenvalue weighted by molar-refractivity contribution is -0.149. The van der Waals surface area contributed by atoms with E-state index in [9.17, 15) is 4.79 Å². The summed E-state index contributed by atoms with van der Waals surface area (Å²) in [6, 6.07) is 0. The highest BCUT2D eigenvalue weighted by molar-refractivity contribution is 5.78. The lowest BCUT2D eigenvalue weighted by Crippen LogP contribution is -2.20. The van der Waals surface area contributed by atoms with Crippen LogP contribution in [0.1, 0.15) is 33.6 Å². The molecular weight excluding hydrogens is 248 g/mol. The molecule has 0 aliphatic heterocycles. The van der Waals surface area contributed by atoms with Crippen LogP contribution in [0.15, 0.2) is 48.6 Å². The second kappa shape index (κ2) is 5.08. The number of hydrogen-bond donors (Lipinski definition) is 0. The van der Waals surface area contributed by atoms with Crippen LogP contribution >= 0.6 is 0 Å². The number of ether oxygens (including phenoxy) is 1. The maximum Gasteiger partial charge on any atom is 0.310 e. The Balaban J connectivity index is 2.05. The monoisotopic (exact) mass is 272 g/mol. The van der Waals surface area contributed by atoms with Gasteiger partial charge in [0, 0.05) is 6.42 Å². The van der Waals surface area contributed by atoms with Crippen LogP contribution in [0, 0.1) is 17.3 Å². The molecule has 0 aromatic heterocycles. The third-order valence-electron chi connectivity index (χ3n) is 4.84. The van der Waals surface area contributed by atoms with Crippen LogP contribution in [0.3, 0.4) is 0 Å². The molecule has 1 saturated carbocycles. The number of hydrogen-bond acceptors (Lipinski definition) is 2. The van der Waals surface area contributed by atoms with Gasteiger partial charge in [-0.15, -0.1) is 13.2 Å². The van der Waals surface area contributed by atoms with Gasteiger partial charge in [-0.1, -0.05) is 32.6 Å². The molecule has 0 N–H and O–H groups in total. The van der Waals surface area contributed by atoms with Gasteiger partial charge in [-0.05, 0) is 41.4 Å². The fraction of sp³-hybridized carbons (Fsp3) is 0.500. The van der Waals surface area contributed by atoms with Gasteiger partial charge in [-0.25, -0.2) is 0 Å². The number of carbonyl (C=O) groups is 1. The lowest BCUT2D eigenvalue weighted by Gasteiger charge is -2.14. The van der Waals surface area contributed by atoms with Gasteiger partial charge in [0.2, 0.25) is 0 Å². The van der Waals surface area contributed by atoms with E-state index < -0.39 is 0 Å². The molecule has 108 valence electrons. The van der Waals surface area contributed by atoms with Gasteiger partial charge in [0.05, 0.1) is 5.92 Å². The van der Waals surface area contributed by atoms with Crippen molar-refractivity contribution in [1.29, 1.82) is 0 Å². The van der Waals surface area contributed by atoms with Crippen molar-refractivity contribution in [1.82, 2.24) is 0 Å². The Morgan fingerprint density at radius 1 is 1.45 bits per heavy atom. The first-order chi connectivity index (χ1) is 9.34. The Bertz CT molecular complexity index is 508. The maximum atomic E-state index is 12.3. The number of allylic oxidation sites excluding steroid dienone is 3. The fourth-order valence-electron chi connectivity index (χ4n) is 3.33. The molecule has 0 aromatic rings. The molecule has 2 heteroatoms. The molecule has 2 rings (SSSR count). The maximum absolute atomic E-state index is 12.3. The minimum absolute atomic E-state index is 0.0178. The normalized spacial score (nSPS) is 31.1. The summed E-state index contributed by atoms with van der Waals surface area (Å²) in [4.78, 5) is 12.3. The molecule has 0 aromatic carbocycles. The van der Waals surface area contributed by atoms with Crippen molar-refractivity contribution in [2.24, 2.45) is 17.3 Å². The zero-order chi connectivity index (χ0) is 15.1. The molecular formula is C18H24O2. The summed E-state index contributed by atoms with van der Waals surface area (Å²) in [5.41, 5.74) is 3.36. The Hall–Kier alpha value is -1.57. The predicted molar refractivity (Wildman–Crippen MR) is 82.1 cm³/mol. The average molecular weight is 272 g/mol. The smallest absolute Gasteiger partial charge is 0.310 e. The van der Waals surface area contributed by atoms with Gasteiger partial charge in [-0.2, -0.15) is 0 Å². The summed E-state index contributed by atoms with van der Waals surface area (Å²) < 4.78 is 5.72. The highest BCUT2D eigenvalue weighted by Crippen LogP contribution is 2.59. The van der Waals surface area contributed by atoms with E-state index in [1.807, 2.05) is 19.1 Å². The van der Waals surface area contributed by atoms with E-state index >= 15 is 0 Å². The van der Waals surface area contributed by atoms with Gasteiger partial charge < -0.3 is 4.74 Å². The van der Waals surface area contributed by atoms with E-state index in [0.29, 0.717) is 6.42 Å². The van der Waals surface area contributed by atoms with E-state index in [-0.39, 0.29) is 29.3 Å². The molecule has 0 saturated heterocycles. The molecule has 0 bridgehead atoms. The Morgan fingerprint density at radius 2 is 2.10 bits per heavy atom. The molecule has 0 spiro atoms. The SMILES string of the molecule is C=CCC1=C(C)C(OC(=O)[C@@H]2[C@@H](C=C)C2(C)C)CC1=C. The topological polar surface area (TPSA) is 26.3 Å². The molecule has 1 fully saturated rings. The van der Waals surface area contributed by atoms with E-state index in [0.717, 1.165) is 17.6 Å². The van der Waals surface area contributed by atoms with Crippen molar-refractivity contribution in [3.8, 4) is 0 Å². The molecule has 1 unspecified atom stereocenters. The minimum atomic E-state index is -0.146. The molecule has 2 aliphatic rings. The van der Waals surface area contributed by atoms with Gasteiger partial charge in [0.15, 0.2) is 0 Å². The van der Waals surface area contributed by atoms with Gasteiger partial charge in [-0.3, -0.25) is 4.79 Å². The summed E-state index contributed by atoms with van der Waals surface area (Å²) in [5.74, 6) is 0.0814. The van der Waals surface area contributed by atoms with E-state index in [1.165, 1.54) is 5.57 Å². The van der Waals surface area contributed by atoms with Gasteiger partial charge >= 0.3 is 5.97 Å². The van der Waals surface area contributed by atoms with Gasteiger partial charge in [0.25, 0.3) is 0 Å². The second-order valence-corrected chi connectivity index (χ2v) is 6.45. The number of esters is 1. The predicted octanol–water partition coefficient (Wildman–Crippen LogP) is 4.21. The zero-order valence-corrected chi connectivity index (χ0v) is 12.7. The van der Waals surface area contributed by atoms with Crippen LogP contribution in [-0.2, 0) is 9.53 Å². The average Bonchev–Trinajstić information content (AvgIpc) is 2.85. The highest BCUT2D eigenvalue weighted by Gasteiger charge is 2.61. The molecule has 2 aliphatic carbocycles. The number of carbonyl (C=O) groups excluding carboxylic acids is 1. The minimum Gasteiger partial charge on any atom is -0.457 e. The van der Waals surface area contributed by atoms with Crippen LogP contribution in [0.4, 0.5) is 0 Å². The molecule has 0 radical (unpaired) electrons. The second-order valence-electron chi connectivity index (χ2n) is 6.45. The standard InChI is InChI=1S/C18H24O2/c1-7-9-13-11(3)10-15(12(13)4)20-17(19)16-14(8-2)18(16,5)6/h7-8,14-16H,1-3,9-10H2,4-6H3/t14-,15?,16+/m1/s1. The third kappa shape index (κ3) is 2.28. The Kier molecular flexibility index (Phi) is 3.77. The van der Waals surface area contributed by atoms with Crippen LogP contribution in [0.5, 0.6) is 0 Å². The highest BCUT2D eigenvalue weighted by atomic mass is 16.5.